The lowest BCUT2D eigenvalue weighted by Gasteiger charge is -2.25. The Balaban J connectivity index is 1.73. The van der Waals surface area contributed by atoms with Gasteiger partial charge in [0.1, 0.15) is 5.82 Å². The zero-order valence-electron chi connectivity index (χ0n) is 15.9. The van der Waals surface area contributed by atoms with Crippen molar-refractivity contribution in [1.29, 1.82) is 0 Å². The summed E-state index contributed by atoms with van der Waals surface area (Å²) in [6, 6.07) is 13.9. The molecule has 3 aromatic rings. The predicted molar refractivity (Wildman–Crippen MR) is 112 cm³/mol. The van der Waals surface area contributed by atoms with Crippen LogP contribution in [0.2, 0.25) is 0 Å². The average Bonchev–Trinajstić information content (AvgIpc) is 3.12. The molecule has 0 saturated heterocycles. The van der Waals surface area contributed by atoms with Crippen molar-refractivity contribution >= 4 is 22.3 Å². The quantitative estimate of drug-likeness (QED) is 0.405. The molecular weight excluding hydrogens is 355 g/mol. The van der Waals surface area contributed by atoms with Crippen molar-refractivity contribution in [3.05, 3.63) is 78.1 Å². The van der Waals surface area contributed by atoms with Crippen LogP contribution in [-0.4, -0.2) is 16.0 Å². The van der Waals surface area contributed by atoms with E-state index in [1.54, 1.807) is 24.5 Å². The molecule has 7 heteroatoms. The van der Waals surface area contributed by atoms with E-state index < -0.39 is 0 Å². The SMILES string of the molecule is CC(C)C(NN/C=C(\N)c1nc2ccccc2[nH]1)/C(=C/N)c1ccc(F)cc1. The van der Waals surface area contributed by atoms with Crippen molar-refractivity contribution in [2.24, 2.45) is 17.4 Å². The van der Waals surface area contributed by atoms with Gasteiger partial charge in [0, 0.05) is 6.20 Å². The number of rotatable bonds is 7. The lowest BCUT2D eigenvalue weighted by Crippen LogP contribution is -2.42. The molecule has 7 N–H and O–H groups in total. The van der Waals surface area contributed by atoms with Crippen LogP contribution in [0.25, 0.3) is 22.3 Å². The molecular formula is C21H25FN6. The first kappa shape index (κ1) is 19.4. The number of nitrogens with zero attached hydrogens (tertiary/aromatic N) is 1. The number of imidazole rings is 1. The number of aromatic amines is 1. The van der Waals surface area contributed by atoms with Crippen LogP contribution in [0.1, 0.15) is 25.2 Å². The van der Waals surface area contributed by atoms with Gasteiger partial charge in [0.05, 0.1) is 22.8 Å². The molecule has 0 radical (unpaired) electrons. The molecule has 0 aliphatic heterocycles. The van der Waals surface area contributed by atoms with Gasteiger partial charge in [0.25, 0.3) is 0 Å². The number of fused-ring (bicyclic) bond motifs is 1. The van der Waals surface area contributed by atoms with E-state index in [-0.39, 0.29) is 17.8 Å². The average molecular weight is 380 g/mol. The van der Waals surface area contributed by atoms with Crippen molar-refractivity contribution in [2.75, 3.05) is 0 Å². The molecule has 0 aliphatic rings. The van der Waals surface area contributed by atoms with Crippen LogP contribution < -0.4 is 22.3 Å². The van der Waals surface area contributed by atoms with E-state index in [0.717, 1.165) is 22.2 Å². The van der Waals surface area contributed by atoms with E-state index >= 15 is 0 Å². The molecule has 0 fully saturated rings. The second-order valence-corrected chi connectivity index (χ2v) is 6.84. The topological polar surface area (TPSA) is 105 Å². The Morgan fingerprint density at radius 2 is 1.86 bits per heavy atom. The fourth-order valence-electron chi connectivity index (χ4n) is 2.99. The molecule has 0 bridgehead atoms. The van der Waals surface area contributed by atoms with Gasteiger partial charge < -0.3 is 21.9 Å². The molecule has 0 aliphatic carbocycles. The molecule has 1 heterocycles. The second kappa shape index (κ2) is 8.58. The molecule has 146 valence electrons. The van der Waals surface area contributed by atoms with Crippen molar-refractivity contribution < 1.29 is 4.39 Å². The van der Waals surface area contributed by atoms with Crippen LogP contribution in [0, 0.1) is 11.7 Å². The third-order valence-electron chi connectivity index (χ3n) is 4.49. The van der Waals surface area contributed by atoms with Gasteiger partial charge in [-0.2, -0.15) is 0 Å². The number of halogens is 1. The number of hydrogen-bond donors (Lipinski definition) is 5. The van der Waals surface area contributed by atoms with Crippen molar-refractivity contribution in [1.82, 2.24) is 20.8 Å². The standard InChI is InChI=1S/C21H25FN6/c1-13(2)20(16(11-23)14-7-9-15(22)10-8-14)28-25-12-17(24)21-26-18-5-3-4-6-19(18)27-21/h3-13,20,25,28H,23-24H2,1-2H3,(H,26,27)/b16-11+,17-12-. The molecule has 28 heavy (non-hydrogen) atoms. The first-order valence-corrected chi connectivity index (χ1v) is 9.09. The highest BCUT2D eigenvalue weighted by molar-refractivity contribution is 5.78. The molecule has 2 aromatic carbocycles. The van der Waals surface area contributed by atoms with Crippen LogP contribution >= 0.6 is 0 Å². The monoisotopic (exact) mass is 380 g/mol. The Hall–Kier alpha value is -3.32. The van der Waals surface area contributed by atoms with E-state index in [1.807, 2.05) is 24.3 Å². The maximum atomic E-state index is 13.2. The van der Waals surface area contributed by atoms with E-state index in [1.165, 1.54) is 12.1 Å². The summed E-state index contributed by atoms with van der Waals surface area (Å²) in [6.45, 7) is 4.14. The van der Waals surface area contributed by atoms with E-state index in [2.05, 4.69) is 34.7 Å². The van der Waals surface area contributed by atoms with Gasteiger partial charge in [-0.3, -0.25) is 0 Å². The highest BCUT2D eigenvalue weighted by Gasteiger charge is 2.19. The molecule has 1 atom stereocenters. The third-order valence-corrected chi connectivity index (χ3v) is 4.49. The molecule has 3 rings (SSSR count). The highest BCUT2D eigenvalue weighted by atomic mass is 19.1. The van der Waals surface area contributed by atoms with Crippen LogP contribution in [-0.2, 0) is 0 Å². The van der Waals surface area contributed by atoms with Crippen LogP contribution in [0.3, 0.4) is 0 Å². The number of nitrogens with two attached hydrogens (primary N) is 2. The summed E-state index contributed by atoms with van der Waals surface area (Å²) in [4.78, 5) is 7.65. The number of aromatic nitrogens is 2. The number of hydrazine groups is 1. The van der Waals surface area contributed by atoms with Gasteiger partial charge in [0.15, 0.2) is 5.82 Å². The molecule has 1 aromatic heterocycles. The summed E-state index contributed by atoms with van der Waals surface area (Å²) < 4.78 is 13.2. The molecule has 0 amide bonds. The summed E-state index contributed by atoms with van der Waals surface area (Å²) >= 11 is 0. The number of nitrogens with one attached hydrogen (secondary N) is 3. The first-order chi connectivity index (χ1) is 13.5. The molecule has 0 spiro atoms. The van der Waals surface area contributed by atoms with Gasteiger partial charge >= 0.3 is 0 Å². The fourth-order valence-corrected chi connectivity index (χ4v) is 2.99. The summed E-state index contributed by atoms with van der Waals surface area (Å²) in [7, 11) is 0. The first-order valence-electron chi connectivity index (χ1n) is 9.09. The molecule has 0 saturated carbocycles. The van der Waals surface area contributed by atoms with E-state index in [4.69, 9.17) is 11.5 Å². The lowest BCUT2D eigenvalue weighted by atomic mass is 9.92. The summed E-state index contributed by atoms with van der Waals surface area (Å²) in [6.07, 6.45) is 3.19. The van der Waals surface area contributed by atoms with Gasteiger partial charge in [-0.15, -0.1) is 0 Å². The Bertz CT molecular complexity index is 955. The van der Waals surface area contributed by atoms with E-state index in [0.29, 0.717) is 11.5 Å². The predicted octanol–water partition coefficient (Wildman–Crippen LogP) is 3.08. The van der Waals surface area contributed by atoms with Crippen LogP contribution in [0.5, 0.6) is 0 Å². The largest absolute Gasteiger partial charge is 0.404 e. The Kier molecular flexibility index (Phi) is 5.96. The second-order valence-electron chi connectivity index (χ2n) is 6.84. The zero-order chi connectivity index (χ0) is 20.1. The highest BCUT2D eigenvalue weighted by Crippen LogP contribution is 2.22. The maximum absolute atomic E-state index is 13.2. The van der Waals surface area contributed by atoms with Gasteiger partial charge in [0.2, 0.25) is 0 Å². The minimum absolute atomic E-state index is 0.116. The van der Waals surface area contributed by atoms with Crippen LogP contribution in [0.15, 0.2) is 60.9 Å². The number of para-hydroxylation sites is 2. The summed E-state index contributed by atoms with van der Waals surface area (Å²) in [5, 5.41) is 0. The zero-order valence-corrected chi connectivity index (χ0v) is 15.9. The summed E-state index contributed by atoms with van der Waals surface area (Å²) in [5.41, 5.74) is 22.2. The number of hydrogen-bond acceptors (Lipinski definition) is 5. The minimum Gasteiger partial charge on any atom is -0.404 e. The van der Waals surface area contributed by atoms with Crippen molar-refractivity contribution in [3.63, 3.8) is 0 Å². The normalized spacial score (nSPS) is 13.9. The molecule has 6 nitrogen and oxygen atoms in total. The lowest BCUT2D eigenvalue weighted by molar-refractivity contribution is 0.446. The number of benzene rings is 2. The Morgan fingerprint density at radius 1 is 1.14 bits per heavy atom. The van der Waals surface area contributed by atoms with Crippen LogP contribution in [0.4, 0.5) is 4.39 Å². The van der Waals surface area contributed by atoms with Gasteiger partial charge in [-0.25, -0.2) is 14.8 Å². The van der Waals surface area contributed by atoms with Crippen molar-refractivity contribution in [3.8, 4) is 0 Å². The smallest absolute Gasteiger partial charge is 0.155 e. The maximum Gasteiger partial charge on any atom is 0.155 e. The summed E-state index contributed by atoms with van der Waals surface area (Å²) in [5.74, 6) is 0.520. The van der Waals surface area contributed by atoms with Gasteiger partial charge in [-0.1, -0.05) is 38.1 Å². The van der Waals surface area contributed by atoms with Gasteiger partial charge in [-0.05, 0) is 47.5 Å². The molecule has 1 unspecified atom stereocenters. The van der Waals surface area contributed by atoms with E-state index in [9.17, 15) is 4.39 Å². The van der Waals surface area contributed by atoms with Crippen molar-refractivity contribution in [2.45, 2.75) is 19.9 Å². The minimum atomic E-state index is -0.283. The Labute approximate surface area is 163 Å². The third kappa shape index (κ3) is 4.32. The Morgan fingerprint density at radius 3 is 2.50 bits per heavy atom. The number of H-pyrrole nitrogens is 1. The fraction of sp³-hybridized carbons (Fsp3) is 0.190.